The Morgan fingerprint density at radius 2 is 2.05 bits per heavy atom. The molecule has 0 radical (unpaired) electrons. The van der Waals surface area contributed by atoms with E-state index in [4.69, 9.17) is 4.99 Å². The van der Waals surface area contributed by atoms with E-state index in [-0.39, 0.29) is 6.10 Å². The highest BCUT2D eigenvalue weighted by molar-refractivity contribution is 6.04. The lowest BCUT2D eigenvalue weighted by Gasteiger charge is -2.35. The number of hydrogen-bond acceptors (Lipinski definition) is 2. The average molecular weight is 295 g/mol. The molecule has 22 heavy (non-hydrogen) atoms. The minimum Gasteiger partial charge on any atom is -0.528 e. The third-order valence-corrected chi connectivity index (χ3v) is 4.14. The molecule has 0 saturated heterocycles. The van der Waals surface area contributed by atoms with Gasteiger partial charge >= 0.3 is 0 Å². The van der Waals surface area contributed by atoms with Crippen LogP contribution in [0, 0.1) is 0 Å². The first-order valence-corrected chi connectivity index (χ1v) is 7.86. The van der Waals surface area contributed by atoms with Gasteiger partial charge in [-0.05, 0) is 38.6 Å². The van der Waals surface area contributed by atoms with Crippen LogP contribution in [0.2, 0.25) is 0 Å². The van der Waals surface area contributed by atoms with Crippen molar-refractivity contribution in [2.24, 2.45) is 4.99 Å². The van der Waals surface area contributed by atoms with Gasteiger partial charge in [-0.3, -0.25) is 0 Å². The summed E-state index contributed by atoms with van der Waals surface area (Å²) in [7, 11) is 0. The Morgan fingerprint density at radius 1 is 1.27 bits per heavy atom. The van der Waals surface area contributed by atoms with Gasteiger partial charge < -0.3 is 9.27 Å². The van der Waals surface area contributed by atoms with Gasteiger partial charge in [0.1, 0.15) is 5.71 Å². The van der Waals surface area contributed by atoms with Gasteiger partial charge in [-0.2, -0.15) is 0 Å². The summed E-state index contributed by atoms with van der Waals surface area (Å²) in [5.74, 6) is 2.01. The summed E-state index contributed by atoms with van der Waals surface area (Å²) >= 11 is 0. The molecule has 0 bridgehead atoms. The second-order valence-corrected chi connectivity index (χ2v) is 5.57. The van der Waals surface area contributed by atoms with Gasteiger partial charge in [-0.25, -0.2) is 4.99 Å². The molecule has 3 nitrogen and oxygen atoms in total. The number of aliphatic imine (C=N–C) groups is 1. The van der Waals surface area contributed by atoms with E-state index in [0.29, 0.717) is 0 Å². The maximum absolute atomic E-state index is 4.81. The van der Waals surface area contributed by atoms with Crippen LogP contribution in [0.4, 0.5) is 11.4 Å². The normalized spacial score (nSPS) is 18.6. The highest BCUT2D eigenvalue weighted by Gasteiger charge is 2.35. The molecule has 3 rings (SSSR count). The molecule has 0 N–H and O–H groups in total. The van der Waals surface area contributed by atoms with E-state index < -0.39 is 0 Å². The van der Waals surface area contributed by atoms with Crippen molar-refractivity contribution in [3.05, 3.63) is 54.8 Å². The van der Waals surface area contributed by atoms with E-state index in [1.807, 2.05) is 13.0 Å². The predicted octanol–water partition coefficient (Wildman–Crippen LogP) is 4.91. The summed E-state index contributed by atoms with van der Waals surface area (Å²) in [5, 5.41) is 0. The van der Waals surface area contributed by atoms with Gasteiger partial charge in [-0.15, -0.1) is 0 Å². The molecular formula is C19H23N2O+. The molecule has 3 heteroatoms. The molecule has 1 aliphatic heterocycles. The maximum Gasteiger partial charge on any atom is 0.290 e. The van der Waals surface area contributed by atoms with Crippen LogP contribution in [-0.4, -0.2) is 24.9 Å². The number of rotatable bonds is 4. The quantitative estimate of drug-likeness (QED) is 0.570. The van der Waals surface area contributed by atoms with Crippen molar-refractivity contribution >= 4 is 17.1 Å². The van der Waals surface area contributed by atoms with Gasteiger partial charge in [0.2, 0.25) is 5.76 Å². The van der Waals surface area contributed by atoms with Gasteiger partial charge in [0.05, 0.1) is 6.07 Å². The minimum absolute atomic E-state index is 0.0713. The topological polar surface area (TPSA) is 18.3 Å². The summed E-state index contributed by atoms with van der Waals surface area (Å²) in [6.45, 7) is 12.5. The van der Waals surface area contributed by atoms with Crippen molar-refractivity contribution < 1.29 is 4.37 Å². The lowest BCUT2D eigenvalue weighted by molar-refractivity contribution is 0.00170. The van der Waals surface area contributed by atoms with Crippen LogP contribution < -0.4 is 4.90 Å². The van der Waals surface area contributed by atoms with E-state index in [0.717, 1.165) is 36.0 Å². The number of benzene rings is 1. The number of allylic oxidation sites excluding steroid dienone is 3. The van der Waals surface area contributed by atoms with Gasteiger partial charge in [0.15, 0.2) is 5.69 Å². The first kappa shape index (κ1) is 14.6. The number of fused-ring (bicyclic) bond motifs is 2. The van der Waals surface area contributed by atoms with Gasteiger partial charge in [-0.1, -0.05) is 12.2 Å². The molecule has 0 aromatic heterocycles. The molecule has 1 heterocycles. The Hall–Kier alpha value is -2.29. The van der Waals surface area contributed by atoms with Crippen LogP contribution in [0.25, 0.3) is 0 Å². The largest absolute Gasteiger partial charge is 0.528 e. The van der Waals surface area contributed by atoms with Crippen molar-refractivity contribution in [2.75, 3.05) is 18.0 Å². The van der Waals surface area contributed by atoms with E-state index >= 15 is 0 Å². The molecule has 1 aliphatic carbocycles. The lowest BCUT2D eigenvalue weighted by Crippen LogP contribution is -2.31. The molecule has 114 valence electrons. The molecule has 1 aromatic rings. The van der Waals surface area contributed by atoms with E-state index in [1.165, 1.54) is 5.69 Å². The summed E-state index contributed by atoms with van der Waals surface area (Å²) in [5.41, 5.74) is 3.24. The second-order valence-electron chi connectivity index (χ2n) is 5.57. The third-order valence-electron chi connectivity index (χ3n) is 4.14. The number of hydrogen-bond donors (Lipinski definition) is 0. The zero-order chi connectivity index (χ0) is 15.7. The van der Waals surface area contributed by atoms with Crippen LogP contribution in [0.15, 0.2) is 59.8 Å². The molecule has 0 spiro atoms. The highest BCUT2D eigenvalue weighted by Crippen LogP contribution is 2.47. The number of nitrogens with zero attached hydrogens (tertiary/aromatic N) is 2. The summed E-state index contributed by atoms with van der Waals surface area (Å²) < 4.78 is 3.26. The Kier molecular flexibility index (Phi) is 3.88. The molecule has 0 amide bonds. The van der Waals surface area contributed by atoms with E-state index in [1.54, 1.807) is 0 Å². The van der Waals surface area contributed by atoms with E-state index in [9.17, 15) is 0 Å². The second kappa shape index (κ2) is 5.84. The molecule has 0 saturated carbocycles. The standard InChI is InChI=1S/C19H23N2O/c1-5-21(6-2)15-11-12-17-19(13-15)22(14(3)4)18-10-8-7-9-16(18)20-17/h7-13,18H,3,5-6H2,1-2,4H3/q+1. The summed E-state index contributed by atoms with van der Waals surface area (Å²) in [4.78, 5) is 7.15. The fourth-order valence-electron chi connectivity index (χ4n) is 3.05. The Bertz CT molecular complexity index is 681. The van der Waals surface area contributed by atoms with Crippen LogP contribution in [0.1, 0.15) is 20.8 Å². The number of anilines is 1. The molecular weight excluding hydrogens is 272 g/mol. The van der Waals surface area contributed by atoms with Crippen molar-refractivity contribution in [1.29, 1.82) is 0 Å². The van der Waals surface area contributed by atoms with Gasteiger partial charge in [0.25, 0.3) is 11.9 Å². The minimum atomic E-state index is 0.0713. The molecule has 1 atom stereocenters. The zero-order valence-electron chi connectivity index (χ0n) is 13.5. The van der Waals surface area contributed by atoms with Crippen molar-refractivity contribution in [3.8, 4) is 5.75 Å². The SMILES string of the molecule is C=C(C)[O+]1c2cc(N(CC)CC)ccc2N=C2C=CC=CC21. The summed E-state index contributed by atoms with van der Waals surface area (Å²) in [6, 6.07) is 6.45. The smallest absolute Gasteiger partial charge is 0.290 e. The summed E-state index contributed by atoms with van der Waals surface area (Å²) in [6.07, 6.45) is 8.37. The average Bonchev–Trinajstić information content (AvgIpc) is 2.53. The van der Waals surface area contributed by atoms with Crippen molar-refractivity contribution in [2.45, 2.75) is 26.9 Å². The fourth-order valence-corrected chi connectivity index (χ4v) is 3.05. The Balaban J connectivity index is 2.12. The Labute approximate surface area is 132 Å². The lowest BCUT2D eigenvalue weighted by atomic mass is 10.1. The fraction of sp³-hybridized carbons (Fsp3) is 0.316. The molecule has 1 aromatic carbocycles. The van der Waals surface area contributed by atoms with Crippen LogP contribution in [0.3, 0.4) is 0 Å². The Morgan fingerprint density at radius 3 is 2.73 bits per heavy atom. The van der Waals surface area contributed by atoms with Crippen LogP contribution in [-0.2, 0) is 4.37 Å². The monoisotopic (exact) mass is 295 g/mol. The third kappa shape index (κ3) is 2.37. The maximum atomic E-state index is 4.81. The molecule has 1 unspecified atom stereocenters. The van der Waals surface area contributed by atoms with Gasteiger partial charge in [0, 0.05) is 31.8 Å². The first-order valence-electron chi connectivity index (χ1n) is 7.86. The predicted molar refractivity (Wildman–Crippen MR) is 94.5 cm³/mol. The van der Waals surface area contributed by atoms with Crippen molar-refractivity contribution in [3.63, 3.8) is 0 Å². The van der Waals surface area contributed by atoms with Crippen LogP contribution in [0.5, 0.6) is 5.75 Å². The van der Waals surface area contributed by atoms with Crippen LogP contribution >= 0.6 is 0 Å². The molecule has 2 aliphatic rings. The zero-order valence-corrected chi connectivity index (χ0v) is 13.5. The highest BCUT2D eigenvalue weighted by atomic mass is 16.7. The molecule has 0 fully saturated rings. The van der Waals surface area contributed by atoms with Crippen molar-refractivity contribution in [1.82, 2.24) is 0 Å². The first-order chi connectivity index (χ1) is 10.7. The van der Waals surface area contributed by atoms with E-state index in [2.05, 4.69) is 66.1 Å².